The van der Waals surface area contributed by atoms with Gasteiger partial charge in [-0.1, -0.05) is 6.92 Å². The summed E-state index contributed by atoms with van der Waals surface area (Å²) in [6.45, 7) is 2.69. The molecule has 1 amide bonds. The normalized spacial score (nSPS) is 38.1. The standard InChI is InChI=1S/C12H22N2O3S/c1-9-5-12(6-9,8-13)11(15)14-7-10-3-2-4-18(10,16)17/h9-10H,2-8,13H2,1H3,(H,14,15). The molecule has 0 spiro atoms. The minimum absolute atomic E-state index is 0.0646. The van der Waals surface area contributed by atoms with E-state index in [1.54, 1.807) is 0 Å². The molecule has 0 radical (unpaired) electrons. The van der Waals surface area contributed by atoms with Gasteiger partial charge in [0.2, 0.25) is 5.91 Å². The molecule has 1 unspecified atom stereocenters. The van der Waals surface area contributed by atoms with Gasteiger partial charge in [0, 0.05) is 13.1 Å². The molecule has 5 nitrogen and oxygen atoms in total. The molecule has 1 atom stereocenters. The van der Waals surface area contributed by atoms with Gasteiger partial charge in [0.25, 0.3) is 0 Å². The van der Waals surface area contributed by atoms with Crippen LogP contribution >= 0.6 is 0 Å². The van der Waals surface area contributed by atoms with Crippen molar-refractivity contribution in [1.82, 2.24) is 5.32 Å². The molecule has 0 aromatic carbocycles. The molecule has 2 rings (SSSR count). The lowest BCUT2D eigenvalue weighted by Gasteiger charge is -2.44. The van der Waals surface area contributed by atoms with Crippen LogP contribution in [0.1, 0.15) is 32.6 Å². The molecule has 3 N–H and O–H groups in total. The van der Waals surface area contributed by atoms with Gasteiger partial charge in [0.1, 0.15) is 0 Å². The first-order valence-corrected chi connectivity index (χ1v) is 8.31. The minimum atomic E-state index is -2.98. The van der Waals surface area contributed by atoms with Crippen LogP contribution in [0.15, 0.2) is 0 Å². The van der Waals surface area contributed by atoms with Crippen molar-refractivity contribution in [2.45, 2.75) is 37.9 Å². The quantitative estimate of drug-likeness (QED) is 0.758. The molecule has 0 aromatic rings. The summed E-state index contributed by atoms with van der Waals surface area (Å²) in [5.41, 5.74) is 5.25. The molecule has 1 aliphatic heterocycles. The second-order valence-corrected chi connectivity index (χ2v) is 8.24. The molecular weight excluding hydrogens is 252 g/mol. The average Bonchev–Trinajstić information content (AvgIpc) is 2.60. The van der Waals surface area contributed by atoms with Crippen molar-refractivity contribution < 1.29 is 13.2 Å². The lowest BCUT2D eigenvalue weighted by atomic mass is 9.62. The number of nitrogens with two attached hydrogens (primary N) is 1. The Morgan fingerprint density at radius 3 is 2.56 bits per heavy atom. The van der Waals surface area contributed by atoms with Gasteiger partial charge in [-0.25, -0.2) is 8.42 Å². The largest absolute Gasteiger partial charge is 0.354 e. The summed E-state index contributed by atoms with van der Waals surface area (Å²) in [5, 5.41) is 2.40. The van der Waals surface area contributed by atoms with Crippen LogP contribution in [0, 0.1) is 11.3 Å². The molecule has 1 heterocycles. The van der Waals surface area contributed by atoms with Gasteiger partial charge < -0.3 is 11.1 Å². The summed E-state index contributed by atoms with van der Waals surface area (Å²) in [7, 11) is -2.98. The van der Waals surface area contributed by atoms with E-state index < -0.39 is 20.5 Å². The summed E-state index contributed by atoms with van der Waals surface area (Å²) >= 11 is 0. The number of hydrogen-bond acceptors (Lipinski definition) is 4. The Labute approximate surface area is 108 Å². The predicted molar refractivity (Wildman–Crippen MR) is 69.7 cm³/mol. The highest BCUT2D eigenvalue weighted by atomic mass is 32.2. The number of hydrogen-bond donors (Lipinski definition) is 2. The van der Waals surface area contributed by atoms with Crippen LogP contribution in [-0.4, -0.2) is 38.4 Å². The third-order valence-electron chi connectivity index (χ3n) is 4.30. The number of amides is 1. The smallest absolute Gasteiger partial charge is 0.227 e. The van der Waals surface area contributed by atoms with Crippen molar-refractivity contribution in [3.63, 3.8) is 0 Å². The fourth-order valence-electron chi connectivity index (χ4n) is 3.20. The Morgan fingerprint density at radius 1 is 1.44 bits per heavy atom. The molecular formula is C12H22N2O3S. The summed E-state index contributed by atoms with van der Waals surface area (Å²) in [6, 6.07) is 0. The second kappa shape index (κ2) is 4.81. The van der Waals surface area contributed by atoms with Crippen molar-refractivity contribution in [1.29, 1.82) is 0 Å². The molecule has 18 heavy (non-hydrogen) atoms. The molecule has 2 aliphatic rings. The molecule has 1 saturated heterocycles. The van der Waals surface area contributed by atoms with Crippen molar-refractivity contribution in [3.8, 4) is 0 Å². The van der Waals surface area contributed by atoms with E-state index in [1.165, 1.54) is 0 Å². The number of sulfone groups is 1. The summed E-state index contributed by atoms with van der Waals surface area (Å²) in [5.74, 6) is 0.729. The van der Waals surface area contributed by atoms with Crippen molar-refractivity contribution in [2.75, 3.05) is 18.8 Å². The molecule has 2 fully saturated rings. The van der Waals surface area contributed by atoms with Gasteiger partial charge in [-0.3, -0.25) is 4.79 Å². The maximum Gasteiger partial charge on any atom is 0.227 e. The zero-order valence-electron chi connectivity index (χ0n) is 10.8. The highest BCUT2D eigenvalue weighted by molar-refractivity contribution is 7.92. The highest BCUT2D eigenvalue weighted by Crippen LogP contribution is 2.44. The predicted octanol–water partition coefficient (Wildman–Crippen LogP) is 0.0548. The third kappa shape index (κ3) is 2.40. The van der Waals surface area contributed by atoms with Gasteiger partial charge >= 0.3 is 0 Å². The van der Waals surface area contributed by atoms with E-state index in [0.717, 1.165) is 12.8 Å². The first kappa shape index (κ1) is 13.8. The van der Waals surface area contributed by atoms with E-state index in [-0.39, 0.29) is 18.2 Å². The SMILES string of the molecule is CC1CC(CN)(C(=O)NCC2CCCS2(=O)=O)C1. The Hall–Kier alpha value is -0.620. The first-order chi connectivity index (χ1) is 8.39. The lowest BCUT2D eigenvalue weighted by molar-refractivity contribution is -0.138. The molecule has 104 valence electrons. The van der Waals surface area contributed by atoms with Gasteiger partial charge in [-0.15, -0.1) is 0 Å². The van der Waals surface area contributed by atoms with Crippen molar-refractivity contribution in [2.24, 2.45) is 17.1 Å². The van der Waals surface area contributed by atoms with Crippen LogP contribution in [0.3, 0.4) is 0 Å². The van der Waals surface area contributed by atoms with E-state index in [9.17, 15) is 13.2 Å². The fraction of sp³-hybridized carbons (Fsp3) is 0.917. The van der Waals surface area contributed by atoms with Crippen LogP contribution in [0.4, 0.5) is 0 Å². The topological polar surface area (TPSA) is 89.3 Å². The maximum atomic E-state index is 12.1. The zero-order chi connectivity index (χ0) is 13.4. The van der Waals surface area contributed by atoms with Crippen molar-refractivity contribution >= 4 is 15.7 Å². The van der Waals surface area contributed by atoms with E-state index >= 15 is 0 Å². The number of nitrogens with one attached hydrogen (secondary N) is 1. The van der Waals surface area contributed by atoms with Gasteiger partial charge in [-0.2, -0.15) is 0 Å². The van der Waals surface area contributed by atoms with Gasteiger partial charge in [0.05, 0.1) is 16.4 Å². The third-order valence-corrected chi connectivity index (χ3v) is 6.58. The summed E-state index contributed by atoms with van der Waals surface area (Å²) in [6.07, 6.45) is 3.00. The monoisotopic (exact) mass is 274 g/mol. The molecule has 1 saturated carbocycles. The maximum absolute atomic E-state index is 12.1. The highest BCUT2D eigenvalue weighted by Gasteiger charge is 2.47. The molecule has 0 aromatic heterocycles. The molecule has 1 aliphatic carbocycles. The Morgan fingerprint density at radius 2 is 2.11 bits per heavy atom. The van der Waals surface area contributed by atoms with E-state index in [4.69, 9.17) is 5.73 Å². The summed E-state index contributed by atoms with van der Waals surface area (Å²) < 4.78 is 23.3. The first-order valence-electron chi connectivity index (χ1n) is 6.59. The van der Waals surface area contributed by atoms with Crippen LogP contribution in [0.2, 0.25) is 0 Å². The Bertz CT molecular complexity index is 427. The number of carbonyl (C=O) groups excluding carboxylic acids is 1. The molecule has 6 heteroatoms. The van der Waals surface area contributed by atoms with Gasteiger partial charge in [-0.05, 0) is 31.6 Å². The van der Waals surface area contributed by atoms with Crippen LogP contribution < -0.4 is 11.1 Å². The van der Waals surface area contributed by atoms with E-state index in [2.05, 4.69) is 12.2 Å². The van der Waals surface area contributed by atoms with Crippen LogP contribution in [-0.2, 0) is 14.6 Å². The molecule has 0 bridgehead atoms. The number of carbonyl (C=O) groups is 1. The van der Waals surface area contributed by atoms with Gasteiger partial charge in [0.15, 0.2) is 9.84 Å². The second-order valence-electron chi connectivity index (χ2n) is 5.84. The Kier molecular flexibility index (Phi) is 3.69. The Balaban J connectivity index is 1.89. The van der Waals surface area contributed by atoms with E-state index in [1.807, 2.05) is 0 Å². The lowest BCUT2D eigenvalue weighted by Crippen LogP contribution is -2.54. The van der Waals surface area contributed by atoms with Crippen molar-refractivity contribution in [3.05, 3.63) is 0 Å². The van der Waals surface area contributed by atoms with Crippen LogP contribution in [0.25, 0.3) is 0 Å². The summed E-state index contributed by atoms with van der Waals surface area (Å²) in [4.78, 5) is 12.1. The minimum Gasteiger partial charge on any atom is -0.354 e. The number of rotatable bonds is 4. The van der Waals surface area contributed by atoms with E-state index in [0.29, 0.717) is 25.3 Å². The van der Waals surface area contributed by atoms with Crippen LogP contribution in [0.5, 0.6) is 0 Å². The zero-order valence-corrected chi connectivity index (χ0v) is 11.6. The average molecular weight is 274 g/mol. The fourth-order valence-corrected chi connectivity index (χ4v) is 4.97.